The molecule has 1 N–H and O–H groups in total. The quantitative estimate of drug-likeness (QED) is 0.576. The van der Waals surface area contributed by atoms with E-state index >= 15 is 0 Å². The minimum absolute atomic E-state index is 0.0729. The number of carbonyl (C=O) groups excluding carboxylic acids is 1. The van der Waals surface area contributed by atoms with Crippen molar-refractivity contribution >= 4 is 33.1 Å². The SMILES string of the molecule is CC#CC(=O)N1CC[C@H](N2CC(c3cc(C)c4c(c3)Nc3ncnc(N5CCS(=O)(=O)CC5)c3[C@H](C)O4)C2)C1. The van der Waals surface area contributed by atoms with E-state index in [-0.39, 0.29) is 23.5 Å². The summed E-state index contributed by atoms with van der Waals surface area (Å²) in [5.41, 5.74) is 4.04. The van der Waals surface area contributed by atoms with Crippen LogP contribution in [0, 0.1) is 18.8 Å². The minimum Gasteiger partial charge on any atom is -0.483 e. The van der Waals surface area contributed by atoms with E-state index in [1.807, 2.05) is 16.7 Å². The van der Waals surface area contributed by atoms with Gasteiger partial charge in [0.15, 0.2) is 9.84 Å². The Kier molecular flexibility index (Phi) is 6.63. The van der Waals surface area contributed by atoms with Gasteiger partial charge in [0.2, 0.25) is 0 Å². The van der Waals surface area contributed by atoms with Crippen LogP contribution in [0.15, 0.2) is 18.5 Å². The zero-order valence-electron chi connectivity index (χ0n) is 22.6. The van der Waals surface area contributed by atoms with Gasteiger partial charge in [0.05, 0.1) is 22.8 Å². The molecule has 0 bridgehead atoms. The second-order valence-electron chi connectivity index (χ2n) is 10.9. The van der Waals surface area contributed by atoms with Crippen molar-refractivity contribution in [3.63, 3.8) is 0 Å². The highest BCUT2D eigenvalue weighted by atomic mass is 32.2. The van der Waals surface area contributed by atoms with E-state index < -0.39 is 9.84 Å². The molecular weight excluding hydrogens is 516 g/mol. The number of likely N-dealkylation sites (tertiary alicyclic amines) is 2. The van der Waals surface area contributed by atoms with Crippen molar-refractivity contribution in [2.45, 2.75) is 45.3 Å². The standard InChI is InChI=1S/C28H34N6O4S/c1-4-5-24(35)33-7-6-22(16-33)34-14-21(15-34)20-12-18(2)26-23(13-20)31-27-25(19(3)38-26)28(30-17-29-27)32-8-10-39(36,37)11-9-32/h12-13,17,19,21-22H,6-11,14-16H2,1-3H3,(H,29,30,31)/t19-,22-/m0/s1. The Labute approximate surface area is 229 Å². The molecule has 3 fully saturated rings. The second kappa shape index (κ2) is 9.99. The van der Waals surface area contributed by atoms with E-state index in [9.17, 15) is 13.2 Å². The third-order valence-electron chi connectivity index (χ3n) is 8.34. The lowest BCUT2D eigenvalue weighted by Crippen LogP contribution is -2.51. The van der Waals surface area contributed by atoms with E-state index in [1.54, 1.807) is 6.92 Å². The number of carbonyl (C=O) groups is 1. The molecule has 0 spiro atoms. The van der Waals surface area contributed by atoms with E-state index in [2.05, 4.69) is 51.1 Å². The highest BCUT2D eigenvalue weighted by Gasteiger charge is 2.38. The highest BCUT2D eigenvalue weighted by molar-refractivity contribution is 7.91. The Morgan fingerprint density at radius 1 is 1.13 bits per heavy atom. The van der Waals surface area contributed by atoms with E-state index in [0.717, 1.165) is 61.0 Å². The molecule has 11 heteroatoms. The smallest absolute Gasteiger partial charge is 0.298 e. The van der Waals surface area contributed by atoms with E-state index in [4.69, 9.17) is 4.74 Å². The number of aryl methyl sites for hydroxylation is 1. The summed E-state index contributed by atoms with van der Waals surface area (Å²) in [6.07, 6.45) is 2.21. The van der Waals surface area contributed by atoms with Gasteiger partial charge in [-0.2, -0.15) is 0 Å². The summed E-state index contributed by atoms with van der Waals surface area (Å²) in [5, 5.41) is 3.52. The third kappa shape index (κ3) is 4.92. The number of rotatable bonds is 3. The van der Waals surface area contributed by atoms with Gasteiger partial charge in [0.25, 0.3) is 5.91 Å². The maximum absolute atomic E-state index is 12.1. The van der Waals surface area contributed by atoms with Gasteiger partial charge in [-0.25, -0.2) is 18.4 Å². The fourth-order valence-electron chi connectivity index (χ4n) is 6.12. The fourth-order valence-corrected chi connectivity index (χ4v) is 7.32. The number of hydrogen-bond acceptors (Lipinski definition) is 9. The van der Waals surface area contributed by atoms with Crippen LogP contribution in [0.3, 0.4) is 0 Å². The Morgan fingerprint density at radius 3 is 2.64 bits per heavy atom. The molecule has 0 unspecified atom stereocenters. The molecule has 5 heterocycles. The molecule has 0 radical (unpaired) electrons. The average molecular weight is 551 g/mol. The van der Waals surface area contributed by atoms with Gasteiger partial charge in [0.1, 0.15) is 29.8 Å². The van der Waals surface area contributed by atoms with Crippen molar-refractivity contribution in [1.82, 2.24) is 19.8 Å². The van der Waals surface area contributed by atoms with Crippen molar-refractivity contribution in [3.8, 4) is 17.6 Å². The molecule has 0 saturated carbocycles. The maximum Gasteiger partial charge on any atom is 0.298 e. The number of aromatic nitrogens is 2. The number of hydrogen-bond donors (Lipinski definition) is 1. The molecule has 1 aromatic carbocycles. The number of fused-ring (bicyclic) bond motifs is 2. The molecule has 4 aliphatic rings. The number of sulfone groups is 1. The van der Waals surface area contributed by atoms with Crippen molar-refractivity contribution in [3.05, 3.63) is 35.2 Å². The van der Waals surface area contributed by atoms with Crippen molar-refractivity contribution in [1.29, 1.82) is 0 Å². The first-order valence-corrected chi connectivity index (χ1v) is 15.4. The van der Waals surface area contributed by atoms with Crippen LogP contribution < -0.4 is 15.0 Å². The Hall–Kier alpha value is -3.36. The van der Waals surface area contributed by atoms with Gasteiger partial charge in [-0.3, -0.25) is 9.69 Å². The summed E-state index contributed by atoms with van der Waals surface area (Å²) in [4.78, 5) is 27.6. The average Bonchev–Trinajstić information content (AvgIpc) is 3.29. The molecule has 39 heavy (non-hydrogen) atoms. The Morgan fingerprint density at radius 2 is 1.90 bits per heavy atom. The summed E-state index contributed by atoms with van der Waals surface area (Å²) in [6.45, 7) is 10.0. The van der Waals surface area contributed by atoms with Gasteiger partial charge in [-0.15, -0.1) is 0 Å². The molecule has 206 valence electrons. The van der Waals surface area contributed by atoms with Gasteiger partial charge in [-0.1, -0.05) is 12.0 Å². The summed E-state index contributed by atoms with van der Waals surface area (Å²) >= 11 is 0. The molecule has 0 aliphatic carbocycles. The van der Waals surface area contributed by atoms with Gasteiger partial charge in [0, 0.05) is 51.2 Å². The molecule has 3 saturated heterocycles. The lowest BCUT2D eigenvalue weighted by molar-refractivity contribution is -0.124. The predicted octanol–water partition coefficient (Wildman–Crippen LogP) is 2.24. The van der Waals surface area contributed by atoms with Crippen LogP contribution in [-0.2, 0) is 14.6 Å². The van der Waals surface area contributed by atoms with Crippen LogP contribution in [0.2, 0.25) is 0 Å². The molecule has 1 aromatic heterocycles. The van der Waals surface area contributed by atoms with Gasteiger partial charge >= 0.3 is 0 Å². The normalized spacial score (nSPS) is 24.3. The summed E-state index contributed by atoms with van der Waals surface area (Å²) < 4.78 is 30.4. The van der Waals surface area contributed by atoms with Gasteiger partial charge < -0.3 is 19.9 Å². The summed E-state index contributed by atoms with van der Waals surface area (Å²) in [7, 11) is -3.00. The van der Waals surface area contributed by atoms with Crippen molar-refractivity contribution in [2.24, 2.45) is 0 Å². The van der Waals surface area contributed by atoms with E-state index in [0.29, 0.717) is 30.9 Å². The maximum atomic E-state index is 12.1. The van der Waals surface area contributed by atoms with Gasteiger partial charge in [-0.05, 0) is 50.3 Å². The molecule has 10 nitrogen and oxygen atoms in total. The first-order valence-electron chi connectivity index (χ1n) is 13.6. The monoisotopic (exact) mass is 550 g/mol. The first kappa shape index (κ1) is 25.9. The molecule has 2 atom stereocenters. The molecule has 2 aromatic rings. The number of ether oxygens (including phenoxy) is 1. The topological polar surface area (TPSA) is 108 Å². The van der Waals surface area contributed by atoms with Crippen LogP contribution in [-0.4, -0.2) is 90.9 Å². The zero-order chi connectivity index (χ0) is 27.3. The van der Waals surface area contributed by atoms with E-state index in [1.165, 1.54) is 11.9 Å². The number of nitrogens with one attached hydrogen (secondary N) is 1. The largest absolute Gasteiger partial charge is 0.483 e. The van der Waals surface area contributed by atoms with Crippen molar-refractivity contribution in [2.75, 3.05) is 61.0 Å². The van der Waals surface area contributed by atoms with Crippen LogP contribution in [0.25, 0.3) is 0 Å². The number of nitrogens with zero attached hydrogens (tertiary/aromatic N) is 5. The number of amides is 1. The predicted molar refractivity (Wildman–Crippen MR) is 149 cm³/mol. The minimum atomic E-state index is -3.00. The van der Waals surface area contributed by atoms with Crippen LogP contribution in [0.1, 0.15) is 49.0 Å². The third-order valence-corrected chi connectivity index (χ3v) is 9.95. The van der Waals surface area contributed by atoms with Crippen LogP contribution >= 0.6 is 0 Å². The number of benzene rings is 1. The highest BCUT2D eigenvalue weighted by Crippen LogP contribution is 2.45. The Bertz CT molecular complexity index is 1460. The first-order chi connectivity index (χ1) is 18.7. The molecule has 6 rings (SSSR count). The lowest BCUT2D eigenvalue weighted by Gasteiger charge is -2.43. The van der Waals surface area contributed by atoms with Crippen LogP contribution in [0.4, 0.5) is 17.3 Å². The van der Waals surface area contributed by atoms with Crippen molar-refractivity contribution < 1.29 is 17.9 Å². The number of anilines is 3. The molecule has 4 aliphatic heterocycles. The molecular formula is C28H34N6O4S. The fraction of sp³-hybridized carbons (Fsp3) is 0.536. The lowest BCUT2D eigenvalue weighted by atomic mass is 9.88. The molecule has 1 amide bonds. The van der Waals surface area contributed by atoms with Crippen LogP contribution in [0.5, 0.6) is 5.75 Å². The summed E-state index contributed by atoms with van der Waals surface area (Å²) in [5.74, 6) is 8.17. The second-order valence-corrected chi connectivity index (χ2v) is 13.2. The summed E-state index contributed by atoms with van der Waals surface area (Å²) in [6, 6.07) is 4.78. The Balaban J connectivity index is 1.19. The zero-order valence-corrected chi connectivity index (χ0v) is 23.4.